The molecule has 130 valence electrons. The maximum atomic E-state index is 9.32. The number of hydrogen-bond donors (Lipinski definition) is 1. The summed E-state index contributed by atoms with van der Waals surface area (Å²) in [5.74, 6) is 1.61. The summed E-state index contributed by atoms with van der Waals surface area (Å²) in [7, 11) is 3.29. The van der Waals surface area contributed by atoms with Crippen LogP contribution in [-0.2, 0) is 13.0 Å². The van der Waals surface area contributed by atoms with Gasteiger partial charge in [0.05, 0.1) is 32.2 Å². The van der Waals surface area contributed by atoms with Crippen LogP contribution in [0.25, 0.3) is 11.3 Å². The van der Waals surface area contributed by atoms with Crippen LogP contribution in [0, 0.1) is 0 Å². The molecule has 0 bridgehead atoms. The number of aliphatic hydroxyl groups is 1. The number of aromatic nitrogens is 3. The second-order valence-corrected chi connectivity index (χ2v) is 5.59. The number of methoxy groups -OCH3 is 2. The second kappa shape index (κ2) is 7.81. The first-order valence-corrected chi connectivity index (χ1v) is 8.05. The number of rotatable bonds is 7. The van der Waals surface area contributed by atoms with Crippen molar-refractivity contribution in [3.8, 4) is 22.8 Å². The molecule has 0 aliphatic rings. The number of nitrogens with zero attached hydrogens (tertiary/aromatic N) is 3. The van der Waals surface area contributed by atoms with Crippen LogP contribution in [0.4, 0.5) is 0 Å². The summed E-state index contributed by atoms with van der Waals surface area (Å²) in [5.41, 5.74) is 3.77. The van der Waals surface area contributed by atoms with Gasteiger partial charge in [-0.25, -0.2) is 4.68 Å². The van der Waals surface area contributed by atoms with Crippen LogP contribution in [0.2, 0.25) is 0 Å². The zero-order valence-electron chi connectivity index (χ0n) is 14.3. The van der Waals surface area contributed by atoms with E-state index < -0.39 is 0 Å². The smallest absolute Gasteiger partial charge is 0.118 e. The van der Waals surface area contributed by atoms with Gasteiger partial charge in [0.2, 0.25) is 0 Å². The zero-order valence-corrected chi connectivity index (χ0v) is 14.3. The molecule has 0 aliphatic carbocycles. The molecule has 1 aromatic heterocycles. The molecule has 0 fully saturated rings. The van der Waals surface area contributed by atoms with Gasteiger partial charge in [0, 0.05) is 18.6 Å². The SMILES string of the molecule is COc1ccc(Cn2nnc(CCO)c2-c2ccc(OC)cc2)cc1. The molecular formula is C19H21N3O3. The van der Waals surface area contributed by atoms with Crippen molar-refractivity contribution in [2.45, 2.75) is 13.0 Å². The zero-order chi connectivity index (χ0) is 17.6. The van der Waals surface area contributed by atoms with E-state index in [9.17, 15) is 5.11 Å². The summed E-state index contributed by atoms with van der Waals surface area (Å²) in [6, 6.07) is 15.6. The lowest BCUT2D eigenvalue weighted by Crippen LogP contribution is -2.05. The van der Waals surface area contributed by atoms with Crippen LogP contribution in [0.5, 0.6) is 11.5 Å². The molecule has 0 amide bonds. The van der Waals surface area contributed by atoms with E-state index in [4.69, 9.17) is 9.47 Å². The van der Waals surface area contributed by atoms with E-state index >= 15 is 0 Å². The lowest BCUT2D eigenvalue weighted by molar-refractivity contribution is 0.298. The van der Waals surface area contributed by atoms with E-state index in [0.717, 1.165) is 34.0 Å². The molecular weight excluding hydrogens is 318 g/mol. The minimum absolute atomic E-state index is 0.0321. The number of aliphatic hydroxyl groups excluding tert-OH is 1. The number of ether oxygens (including phenoxy) is 2. The van der Waals surface area contributed by atoms with Crippen molar-refractivity contribution >= 4 is 0 Å². The molecule has 0 atom stereocenters. The van der Waals surface area contributed by atoms with Gasteiger partial charge in [-0.2, -0.15) is 0 Å². The Morgan fingerprint density at radius 3 is 2.08 bits per heavy atom. The Morgan fingerprint density at radius 2 is 1.52 bits per heavy atom. The van der Waals surface area contributed by atoms with Crippen LogP contribution in [-0.4, -0.2) is 40.9 Å². The Kier molecular flexibility index (Phi) is 5.30. The first kappa shape index (κ1) is 17.0. The van der Waals surface area contributed by atoms with Crippen LogP contribution in [0.15, 0.2) is 48.5 Å². The Balaban J connectivity index is 1.95. The first-order valence-electron chi connectivity index (χ1n) is 8.05. The molecule has 0 saturated carbocycles. The third-order valence-electron chi connectivity index (χ3n) is 4.01. The normalized spacial score (nSPS) is 10.7. The highest BCUT2D eigenvalue weighted by Crippen LogP contribution is 2.26. The predicted octanol–water partition coefficient (Wildman–Crippen LogP) is 2.55. The van der Waals surface area contributed by atoms with Crippen molar-refractivity contribution < 1.29 is 14.6 Å². The van der Waals surface area contributed by atoms with Gasteiger partial charge in [-0.05, 0) is 42.0 Å². The maximum Gasteiger partial charge on any atom is 0.118 e. The lowest BCUT2D eigenvalue weighted by atomic mass is 10.1. The highest BCUT2D eigenvalue weighted by molar-refractivity contribution is 5.63. The van der Waals surface area contributed by atoms with Gasteiger partial charge in [0.1, 0.15) is 11.5 Å². The summed E-state index contributed by atoms with van der Waals surface area (Å²) in [5, 5.41) is 17.9. The molecule has 0 unspecified atom stereocenters. The Morgan fingerprint density at radius 1 is 0.920 bits per heavy atom. The topological polar surface area (TPSA) is 69.4 Å². The van der Waals surface area contributed by atoms with Crippen molar-refractivity contribution in [1.29, 1.82) is 0 Å². The van der Waals surface area contributed by atoms with E-state index in [-0.39, 0.29) is 6.61 Å². The van der Waals surface area contributed by atoms with E-state index in [1.807, 2.05) is 53.2 Å². The molecule has 2 aromatic carbocycles. The Labute approximate surface area is 146 Å². The van der Waals surface area contributed by atoms with Gasteiger partial charge >= 0.3 is 0 Å². The van der Waals surface area contributed by atoms with Crippen LogP contribution < -0.4 is 9.47 Å². The summed E-state index contributed by atoms with van der Waals surface area (Å²) in [6.45, 7) is 0.619. The van der Waals surface area contributed by atoms with Crippen molar-refractivity contribution in [3.05, 3.63) is 59.8 Å². The minimum atomic E-state index is 0.0321. The van der Waals surface area contributed by atoms with Gasteiger partial charge in [-0.15, -0.1) is 5.10 Å². The van der Waals surface area contributed by atoms with Gasteiger partial charge < -0.3 is 14.6 Å². The predicted molar refractivity (Wildman–Crippen MR) is 94.9 cm³/mol. The first-order chi connectivity index (χ1) is 12.2. The fourth-order valence-electron chi connectivity index (χ4n) is 2.70. The molecule has 3 aromatic rings. The maximum absolute atomic E-state index is 9.32. The molecule has 1 heterocycles. The summed E-state index contributed by atoms with van der Waals surface area (Å²) >= 11 is 0. The second-order valence-electron chi connectivity index (χ2n) is 5.59. The van der Waals surface area contributed by atoms with Crippen molar-refractivity contribution in [1.82, 2.24) is 15.0 Å². The molecule has 25 heavy (non-hydrogen) atoms. The summed E-state index contributed by atoms with van der Waals surface area (Å²) < 4.78 is 12.3. The largest absolute Gasteiger partial charge is 0.497 e. The van der Waals surface area contributed by atoms with Crippen molar-refractivity contribution in [2.24, 2.45) is 0 Å². The van der Waals surface area contributed by atoms with E-state index in [0.29, 0.717) is 13.0 Å². The number of benzene rings is 2. The lowest BCUT2D eigenvalue weighted by Gasteiger charge is -2.10. The summed E-state index contributed by atoms with van der Waals surface area (Å²) in [4.78, 5) is 0. The quantitative estimate of drug-likeness (QED) is 0.716. The fraction of sp³-hybridized carbons (Fsp3) is 0.263. The average molecular weight is 339 g/mol. The Bertz CT molecular complexity index is 811. The highest BCUT2D eigenvalue weighted by Gasteiger charge is 2.15. The highest BCUT2D eigenvalue weighted by atomic mass is 16.5. The average Bonchev–Trinajstić information content (AvgIpc) is 3.05. The molecule has 1 N–H and O–H groups in total. The van der Waals surface area contributed by atoms with Crippen molar-refractivity contribution in [2.75, 3.05) is 20.8 Å². The third kappa shape index (κ3) is 3.80. The monoisotopic (exact) mass is 339 g/mol. The van der Waals surface area contributed by atoms with E-state index in [1.165, 1.54) is 0 Å². The van der Waals surface area contributed by atoms with Crippen molar-refractivity contribution in [3.63, 3.8) is 0 Å². The molecule has 6 nitrogen and oxygen atoms in total. The van der Waals surface area contributed by atoms with Gasteiger partial charge in [-0.1, -0.05) is 17.3 Å². The number of hydrogen-bond acceptors (Lipinski definition) is 5. The molecule has 0 radical (unpaired) electrons. The minimum Gasteiger partial charge on any atom is -0.497 e. The molecule has 0 saturated heterocycles. The van der Waals surface area contributed by atoms with Gasteiger partial charge in [0.25, 0.3) is 0 Å². The fourth-order valence-corrected chi connectivity index (χ4v) is 2.70. The molecule has 3 rings (SSSR count). The molecule has 6 heteroatoms. The van der Waals surface area contributed by atoms with Crippen LogP contribution >= 0.6 is 0 Å². The van der Waals surface area contributed by atoms with Crippen LogP contribution in [0.3, 0.4) is 0 Å². The van der Waals surface area contributed by atoms with Gasteiger partial charge in [0.15, 0.2) is 0 Å². The standard InChI is InChI=1S/C19H21N3O3/c1-24-16-7-3-14(4-8-16)13-22-19(18(11-12-23)20-21-22)15-5-9-17(25-2)10-6-15/h3-10,23H,11-13H2,1-2H3. The molecule has 0 aliphatic heterocycles. The van der Waals surface area contributed by atoms with Crippen LogP contribution in [0.1, 0.15) is 11.3 Å². The summed E-state index contributed by atoms with van der Waals surface area (Å²) in [6.07, 6.45) is 0.462. The van der Waals surface area contributed by atoms with E-state index in [2.05, 4.69) is 10.3 Å². The molecule has 0 spiro atoms. The van der Waals surface area contributed by atoms with Gasteiger partial charge in [-0.3, -0.25) is 0 Å². The Hall–Kier alpha value is -2.86. The third-order valence-corrected chi connectivity index (χ3v) is 4.01. The van der Waals surface area contributed by atoms with E-state index in [1.54, 1.807) is 14.2 Å².